The lowest BCUT2D eigenvalue weighted by Crippen LogP contribution is -2.37. The minimum Gasteiger partial charge on any atom is -0.318 e. The summed E-state index contributed by atoms with van der Waals surface area (Å²) in [4.78, 5) is 16.0. The van der Waals surface area contributed by atoms with Gasteiger partial charge in [-0.05, 0) is 13.8 Å². The summed E-state index contributed by atoms with van der Waals surface area (Å²) in [6.45, 7) is 4.09. The fourth-order valence-corrected chi connectivity index (χ4v) is 0.862. The van der Waals surface area contributed by atoms with Crippen molar-refractivity contribution in [3.63, 3.8) is 0 Å². The van der Waals surface area contributed by atoms with Crippen molar-refractivity contribution in [1.29, 1.82) is 0 Å². The van der Waals surface area contributed by atoms with Gasteiger partial charge in [0, 0.05) is 0 Å². The summed E-state index contributed by atoms with van der Waals surface area (Å²) in [6, 6.07) is -0.372. The first-order valence-corrected chi connectivity index (χ1v) is 3.34. The summed E-state index contributed by atoms with van der Waals surface area (Å²) in [6.07, 6.45) is 0. The van der Waals surface area contributed by atoms with E-state index < -0.39 is 6.04 Å². The molecule has 1 heterocycles. The minimum absolute atomic E-state index is 0.0843. The number of hydrogen-bond donors (Lipinski definition) is 1. The second-order valence-corrected chi connectivity index (χ2v) is 2.66. The van der Waals surface area contributed by atoms with Crippen molar-refractivity contribution in [2.24, 2.45) is 5.73 Å². The summed E-state index contributed by atoms with van der Waals surface area (Å²) in [5.41, 5.74) is 5.39. The summed E-state index contributed by atoms with van der Waals surface area (Å²) < 4.78 is 0. The van der Waals surface area contributed by atoms with Gasteiger partial charge in [0.1, 0.15) is 6.04 Å². The van der Waals surface area contributed by atoms with Crippen LogP contribution in [0.1, 0.15) is 13.8 Å². The SMILES string of the molecule is CC(C)N1OCC(N)C1=O. The maximum Gasteiger partial charge on any atom is 0.265 e. The van der Waals surface area contributed by atoms with Crippen LogP contribution in [0.3, 0.4) is 0 Å². The lowest BCUT2D eigenvalue weighted by atomic mass is 10.3. The first-order chi connectivity index (χ1) is 4.63. The third-order valence-electron chi connectivity index (χ3n) is 1.40. The Balaban J connectivity index is 2.57. The van der Waals surface area contributed by atoms with Crippen LogP contribution in [-0.2, 0) is 9.63 Å². The Morgan fingerprint density at radius 2 is 2.40 bits per heavy atom. The highest BCUT2D eigenvalue weighted by atomic mass is 16.7. The van der Waals surface area contributed by atoms with E-state index in [0.717, 1.165) is 0 Å². The first kappa shape index (κ1) is 7.50. The van der Waals surface area contributed by atoms with Gasteiger partial charge in [0.15, 0.2) is 0 Å². The number of rotatable bonds is 1. The number of nitrogens with zero attached hydrogens (tertiary/aromatic N) is 1. The molecular formula is C6H12N2O2. The van der Waals surface area contributed by atoms with Crippen LogP contribution < -0.4 is 5.73 Å². The molecule has 0 spiro atoms. The van der Waals surface area contributed by atoms with Crippen molar-refractivity contribution in [3.8, 4) is 0 Å². The van der Waals surface area contributed by atoms with Gasteiger partial charge < -0.3 is 5.73 Å². The molecule has 4 heteroatoms. The van der Waals surface area contributed by atoms with Crippen LogP contribution in [0.2, 0.25) is 0 Å². The average Bonchev–Trinajstić information content (AvgIpc) is 2.14. The molecule has 2 N–H and O–H groups in total. The van der Waals surface area contributed by atoms with Crippen LogP contribution in [0.4, 0.5) is 0 Å². The highest BCUT2D eigenvalue weighted by Crippen LogP contribution is 2.09. The third-order valence-corrected chi connectivity index (χ3v) is 1.40. The third kappa shape index (κ3) is 1.12. The van der Waals surface area contributed by atoms with Gasteiger partial charge in [-0.2, -0.15) is 0 Å². The van der Waals surface area contributed by atoms with Crippen LogP contribution in [0.25, 0.3) is 0 Å². The molecule has 10 heavy (non-hydrogen) atoms. The molecule has 4 nitrogen and oxygen atoms in total. The molecule has 0 bridgehead atoms. The van der Waals surface area contributed by atoms with Crippen LogP contribution in [0.15, 0.2) is 0 Å². The number of carbonyl (C=O) groups excluding carboxylic acids is 1. The largest absolute Gasteiger partial charge is 0.318 e. The molecule has 0 aromatic heterocycles. The molecule has 0 radical (unpaired) electrons. The molecule has 1 amide bonds. The standard InChI is InChI=1S/C6H12N2O2/c1-4(2)8-6(9)5(7)3-10-8/h4-5H,3,7H2,1-2H3. The van der Waals surface area contributed by atoms with E-state index in [0.29, 0.717) is 6.61 Å². The second kappa shape index (κ2) is 2.56. The van der Waals surface area contributed by atoms with Crippen LogP contribution in [-0.4, -0.2) is 29.7 Å². The molecule has 1 aliphatic heterocycles. The first-order valence-electron chi connectivity index (χ1n) is 3.34. The molecule has 1 aliphatic rings. The Morgan fingerprint density at radius 3 is 2.60 bits per heavy atom. The van der Waals surface area contributed by atoms with E-state index in [-0.39, 0.29) is 11.9 Å². The van der Waals surface area contributed by atoms with E-state index in [1.807, 2.05) is 13.8 Å². The molecule has 1 rings (SSSR count). The molecule has 1 atom stereocenters. The zero-order chi connectivity index (χ0) is 7.72. The van der Waals surface area contributed by atoms with E-state index in [2.05, 4.69) is 0 Å². The van der Waals surface area contributed by atoms with E-state index in [4.69, 9.17) is 10.6 Å². The molecule has 1 unspecified atom stereocenters. The van der Waals surface area contributed by atoms with Gasteiger partial charge in [0.25, 0.3) is 5.91 Å². The molecule has 1 fully saturated rings. The maximum absolute atomic E-state index is 11.0. The van der Waals surface area contributed by atoms with Crippen molar-refractivity contribution < 1.29 is 9.63 Å². The molecule has 0 aromatic carbocycles. The Labute approximate surface area is 59.9 Å². The van der Waals surface area contributed by atoms with E-state index in [1.54, 1.807) is 0 Å². The summed E-state index contributed by atoms with van der Waals surface area (Å²) in [5.74, 6) is -0.116. The van der Waals surface area contributed by atoms with Crippen molar-refractivity contribution in [3.05, 3.63) is 0 Å². The second-order valence-electron chi connectivity index (χ2n) is 2.66. The Morgan fingerprint density at radius 1 is 1.80 bits per heavy atom. The Hall–Kier alpha value is -0.610. The van der Waals surface area contributed by atoms with Gasteiger partial charge in [0.2, 0.25) is 0 Å². The molecule has 0 aliphatic carbocycles. The Kier molecular flexibility index (Phi) is 1.92. The zero-order valence-corrected chi connectivity index (χ0v) is 6.20. The number of carbonyl (C=O) groups is 1. The number of nitrogens with two attached hydrogens (primary N) is 1. The highest BCUT2D eigenvalue weighted by molar-refractivity contribution is 5.82. The molecule has 58 valence electrons. The highest BCUT2D eigenvalue weighted by Gasteiger charge is 2.31. The van der Waals surface area contributed by atoms with Crippen LogP contribution in [0, 0.1) is 0 Å². The van der Waals surface area contributed by atoms with Gasteiger partial charge in [-0.3, -0.25) is 9.63 Å². The van der Waals surface area contributed by atoms with Gasteiger partial charge in [-0.15, -0.1) is 0 Å². The zero-order valence-electron chi connectivity index (χ0n) is 6.20. The Bertz CT molecular complexity index is 147. The van der Waals surface area contributed by atoms with Gasteiger partial charge in [-0.25, -0.2) is 5.06 Å². The van der Waals surface area contributed by atoms with E-state index in [9.17, 15) is 4.79 Å². The van der Waals surface area contributed by atoms with Crippen molar-refractivity contribution in [2.45, 2.75) is 25.9 Å². The predicted molar refractivity (Wildman–Crippen MR) is 35.9 cm³/mol. The average molecular weight is 144 g/mol. The van der Waals surface area contributed by atoms with Crippen molar-refractivity contribution in [2.75, 3.05) is 6.61 Å². The number of amides is 1. The predicted octanol–water partition coefficient (Wildman–Crippen LogP) is -0.504. The smallest absolute Gasteiger partial charge is 0.265 e. The fraction of sp³-hybridized carbons (Fsp3) is 0.833. The van der Waals surface area contributed by atoms with Gasteiger partial charge in [0.05, 0.1) is 12.6 Å². The lowest BCUT2D eigenvalue weighted by Gasteiger charge is -2.17. The topological polar surface area (TPSA) is 55.6 Å². The number of hydrogen-bond acceptors (Lipinski definition) is 3. The monoisotopic (exact) mass is 144 g/mol. The fourth-order valence-electron chi connectivity index (χ4n) is 0.862. The molecule has 1 saturated heterocycles. The van der Waals surface area contributed by atoms with E-state index in [1.165, 1.54) is 5.06 Å². The normalized spacial score (nSPS) is 26.6. The summed E-state index contributed by atoms with van der Waals surface area (Å²) in [7, 11) is 0. The summed E-state index contributed by atoms with van der Waals surface area (Å²) in [5, 5.41) is 1.32. The molecule has 0 saturated carbocycles. The van der Waals surface area contributed by atoms with Gasteiger partial charge in [-0.1, -0.05) is 0 Å². The lowest BCUT2D eigenvalue weighted by molar-refractivity contribution is -0.170. The number of hydroxylamine groups is 2. The quantitative estimate of drug-likeness (QED) is 0.539. The van der Waals surface area contributed by atoms with Crippen LogP contribution in [0.5, 0.6) is 0 Å². The van der Waals surface area contributed by atoms with Crippen molar-refractivity contribution >= 4 is 5.91 Å². The van der Waals surface area contributed by atoms with E-state index >= 15 is 0 Å². The summed E-state index contributed by atoms with van der Waals surface area (Å²) >= 11 is 0. The molecular weight excluding hydrogens is 132 g/mol. The van der Waals surface area contributed by atoms with Crippen LogP contribution >= 0.6 is 0 Å². The minimum atomic E-state index is -0.456. The maximum atomic E-state index is 11.0. The van der Waals surface area contributed by atoms with Gasteiger partial charge >= 0.3 is 0 Å². The molecule has 0 aromatic rings. The van der Waals surface area contributed by atoms with Crippen molar-refractivity contribution in [1.82, 2.24) is 5.06 Å².